The quantitative estimate of drug-likeness (QED) is 0.323. The average molecular weight is 594 g/mol. The van der Waals surface area contributed by atoms with Crippen LogP contribution in [-0.4, -0.2) is 47.4 Å². The normalized spacial score (nSPS) is 17.9. The molecule has 11 heteroatoms. The maximum Gasteiger partial charge on any atom is 0.273 e. The lowest BCUT2D eigenvalue weighted by Crippen LogP contribution is -2.45. The molecule has 3 aromatic rings. The molecule has 2 aliphatic rings. The van der Waals surface area contributed by atoms with Gasteiger partial charge in [0.2, 0.25) is 5.91 Å². The number of nitrogen functional groups attached to an aromatic ring is 1. The minimum atomic E-state index is -1.16. The number of hydrogen-bond acceptors (Lipinski definition) is 7. The van der Waals surface area contributed by atoms with Gasteiger partial charge in [-0.2, -0.15) is 4.37 Å². The number of aromatic nitrogens is 1. The van der Waals surface area contributed by atoms with E-state index in [1.54, 1.807) is 12.1 Å². The fraction of sp³-hybridized carbons (Fsp3) is 0.419. The molecule has 3 amide bonds. The molecule has 0 unspecified atom stereocenters. The van der Waals surface area contributed by atoms with Gasteiger partial charge in [-0.05, 0) is 74.0 Å². The number of nitrogens with one attached hydrogen (secondary N) is 2. The van der Waals surface area contributed by atoms with Crippen molar-refractivity contribution in [1.82, 2.24) is 15.0 Å². The van der Waals surface area contributed by atoms with Gasteiger partial charge in [-0.3, -0.25) is 19.3 Å². The molecule has 5 rings (SSSR count). The van der Waals surface area contributed by atoms with Gasteiger partial charge in [0.15, 0.2) is 5.69 Å². The third-order valence-corrected chi connectivity index (χ3v) is 8.68. The molecule has 2 aromatic carbocycles. The highest BCUT2D eigenvalue weighted by Crippen LogP contribution is 2.34. The van der Waals surface area contributed by atoms with Crippen molar-refractivity contribution in [2.45, 2.75) is 70.1 Å². The second kappa shape index (κ2) is 13.4. The van der Waals surface area contributed by atoms with Gasteiger partial charge in [-0.15, -0.1) is 0 Å². The number of nitrogens with two attached hydrogens (primary N) is 1. The molecule has 0 spiro atoms. The minimum Gasteiger partial charge on any atom is -0.395 e. The average Bonchev–Trinajstić information content (AvgIpc) is 3.66. The fourth-order valence-electron chi connectivity index (χ4n) is 5.49. The van der Waals surface area contributed by atoms with Crippen LogP contribution in [0.15, 0.2) is 48.5 Å². The van der Waals surface area contributed by atoms with Crippen molar-refractivity contribution in [3.8, 4) is 0 Å². The Kier molecular flexibility index (Phi) is 9.48. The van der Waals surface area contributed by atoms with Crippen LogP contribution in [0.2, 0.25) is 0 Å². The first-order valence-electron chi connectivity index (χ1n) is 14.4. The summed E-state index contributed by atoms with van der Waals surface area (Å²) < 4.78 is 23.9. The fourth-order valence-corrected chi connectivity index (χ4v) is 6.23. The van der Waals surface area contributed by atoms with Crippen LogP contribution in [0, 0.1) is 12.7 Å². The van der Waals surface area contributed by atoms with Gasteiger partial charge in [0.05, 0.1) is 11.8 Å². The number of ether oxygens (including phenoxy) is 1. The van der Waals surface area contributed by atoms with E-state index in [0.717, 1.165) is 62.0 Å². The van der Waals surface area contributed by atoms with E-state index in [9.17, 15) is 18.8 Å². The molecule has 2 fully saturated rings. The van der Waals surface area contributed by atoms with Gasteiger partial charge in [0, 0.05) is 24.9 Å². The number of hydrogen-bond donors (Lipinski definition) is 3. The summed E-state index contributed by atoms with van der Waals surface area (Å²) in [5.74, 6) is -1.93. The van der Waals surface area contributed by atoms with Crippen LogP contribution >= 0.6 is 11.5 Å². The van der Waals surface area contributed by atoms with E-state index in [1.165, 1.54) is 29.2 Å². The summed E-state index contributed by atoms with van der Waals surface area (Å²) in [6.07, 6.45) is 6.65. The van der Waals surface area contributed by atoms with Crippen LogP contribution in [0.4, 0.5) is 15.8 Å². The summed E-state index contributed by atoms with van der Waals surface area (Å²) in [6, 6.07) is 11.5. The summed E-state index contributed by atoms with van der Waals surface area (Å²) in [5, 5.41) is 5.93. The molecule has 2 heterocycles. The summed E-state index contributed by atoms with van der Waals surface area (Å²) in [7, 11) is 0. The van der Waals surface area contributed by atoms with Crippen molar-refractivity contribution in [3.63, 3.8) is 0 Å². The van der Waals surface area contributed by atoms with Gasteiger partial charge in [0.25, 0.3) is 11.8 Å². The topological polar surface area (TPSA) is 127 Å². The Morgan fingerprint density at radius 1 is 1.05 bits per heavy atom. The Morgan fingerprint density at radius 2 is 1.76 bits per heavy atom. The third kappa shape index (κ3) is 6.79. The Balaban J connectivity index is 1.50. The van der Waals surface area contributed by atoms with Crippen molar-refractivity contribution >= 4 is 40.6 Å². The van der Waals surface area contributed by atoms with Gasteiger partial charge >= 0.3 is 0 Å². The largest absolute Gasteiger partial charge is 0.395 e. The highest BCUT2D eigenvalue weighted by Gasteiger charge is 2.36. The zero-order valence-corrected chi connectivity index (χ0v) is 24.4. The van der Waals surface area contributed by atoms with Gasteiger partial charge in [-0.25, -0.2) is 4.39 Å². The van der Waals surface area contributed by atoms with Crippen LogP contribution < -0.4 is 21.3 Å². The highest BCUT2D eigenvalue weighted by atomic mass is 32.1. The second-order valence-electron chi connectivity index (χ2n) is 10.9. The third-order valence-electron chi connectivity index (χ3n) is 7.83. The number of carbonyl (C=O) groups is 3. The molecule has 9 nitrogen and oxygen atoms in total. The first kappa shape index (κ1) is 29.7. The number of aryl methyl sites for hydroxylation is 1. The van der Waals surface area contributed by atoms with Crippen molar-refractivity contribution in [2.75, 3.05) is 23.8 Å². The molecule has 42 heavy (non-hydrogen) atoms. The number of nitrogens with zero attached hydrogens (tertiary/aromatic N) is 2. The van der Waals surface area contributed by atoms with E-state index < -0.39 is 29.6 Å². The lowest BCUT2D eigenvalue weighted by Gasteiger charge is -2.31. The molecule has 1 saturated heterocycles. The van der Waals surface area contributed by atoms with Gasteiger partial charge in [-0.1, -0.05) is 49.1 Å². The number of halogens is 1. The van der Waals surface area contributed by atoms with E-state index in [4.69, 9.17) is 10.5 Å². The van der Waals surface area contributed by atoms with Crippen LogP contribution in [0.25, 0.3) is 0 Å². The Bertz CT molecular complexity index is 1400. The first-order valence-corrected chi connectivity index (χ1v) is 15.2. The molecular formula is C31H36FN5O4S. The summed E-state index contributed by atoms with van der Waals surface area (Å²) in [5.41, 5.74) is 8.18. The summed E-state index contributed by atoms with van der Waals surface area (Å²) in [6.45, 7) is 2.83. The molecule has 1 aliphatic heterocycles. The zero-order chi connectivity index (χ0) is 29.6. The molecule has 0 radical (unpaired) electrons. The van der Waals surface area contributed by atoms with E-state index in [1.807, 2.05) is 19.1 Å². The molecule has 1 saturated carbocycles. The zero-order valence-electron chi connectivity index (χ0n) is 23.6. The highest BCUT2D eigenvalue weighted by molar-refractivity contribution is 7.09. The van der Waals surface area contributed by atoms with Crippen molar-refractivity contribution in [3.05, 3.63) is 76.0 Å². The standard InChI is InChI=1S/C31H36FN5O4S/c1-19-9-15-23(16-10-19)37(27(20-11-13-21(32)14-12-20)30(39)34-18-24-8-5-17-41-24)31(40)28-25(33)26(36-42-28)29(38)35-22-6-3-2-4-7-22/h9-16,22,24,27H,2-8,17-18,33H2,1H3,(H,34,39)(H,35,38)/t24-,27+/m0/s1. The Morgan fingerprint density at radius 3 is 2.43 bits per heavy atom. The Hall–Kier alpha value is -3.83. The van der Waals surface area contributed by atoms with Crippen molar-refractivity contribution in [1.29, 1.82) is 0 Å². The van der Waals surface area contributed by atoms with Crippen LogP contribution in [-0.2, 0) is 9.53 Å². The maximum absolute atomic E-state index is 14.3. The summed E-state index contributed by atoms with van der Waals surface area (Å²) in [4.78, 5) is 42.6. The number of anilines is 2. The molecule has 2 atom stereocenters. The van der Waals surface area contributed by atoms with Crippen molar-refractivity contribution in [2.24, 2.45) is 0 Å². The Labute approximate surface area is 248 Å². The monoisotopic (exact) mass is 593 g/mol. The van der Waals surface area contributed by atoms with E-state index in [2.05, 4.69) is 15.0 Å². The smallest absolute Gasteiger partial charge is 0.273 e. The van der Waals surface area contributed by atoms with Crippen LogP contribution in [0.1, 0.15) is 82.3 Å². The first-order chi connectivity index (χ1) is 20.3. The molecule has 222 valence electrons. The number of rotatable bonds is 9. The van der Waals surface area contributed by atoms with Crippen LogP contribution in [0.3, 0.4) is 0 Å². The molecule has 0 bridgehead atoms. The van der Waals surface area contributed by atoms with E-state index >= 15 is 0 Å². The van der Waals surface area contributed by atoms with Gasteiger partial charge in [0.1, 0.15) is 16.7 Å². The minimum absolute atomic E-state index is 0.000976. The SMILES string of the molecule is Cc1ccc(N(C(=O)c2snc(C(=O)NC3CCCCC3)c2N)[C@@H](C(=O)NC[C@@H]2CCCO2)c2ccc(F)cc2)cc1. The van der Waals surface area contributed by atoms with Crippen LogP contribution in [0.5, 0.6) is 0 Å². The van der Waals surface area contributed by atoms with Crippen molar-refractivity contribution < 1.29 is 23.5 Å². The predicted octanol–water partition coefficient (Wildman–Crippen LogP) is 4.92. The lowest BCUT2D eigenvalue weighted by molar-refractivity contribution is -0.123. The summed E-state index contributed by atoms with van der Waals surface area (Å²) >= 11 is 0.823. The maximum atomic E-state index is 14.3. The van der Waals surface area contributed by atoms with Gasteiger partial charge < -0.3 is 21.1 Å². The number of carbonyl (C=O) groups excluding carboxylic acids is 3. The molecule has 1 aromatic heterocycles. The lowest BCUT2D eigenvalue weighted by atomic mass is 9.95. The predicted molar refractivity (Wildman–Crippen MR) is 160 cm³/mol. The molecule has 4 N–H and O–H groups in total. The van der Waals surface area contributed by atoms with E-state index in [0.29, 0.717) is 17.9 Å². The second-order valence-corrected chi connectivity index (χ2v) is 11.7. The number of benzene rings is 2. The molecule has 1 aliphatic carbocycles. The number of amides is 3. The van der Waals surface area contributed by atoms with E-state index in [-0.39, 0.29) is 34.9 Å². The molecular weight excluding hydrogens is 557 g/mol.